The van der Waals surface area contributed by atoms with Gasteiger partial charge in [-0.15, -0.1) is 10.2 Å². The Bertz CT molecular complexity index is 751. The van der Waals surface area contributed by atoms with E-state index in [1.807, 2.05) is 17.8 Å². The molecule has 2 heterocycles. The molecule has 20 heavy (non-hydrogen) atoms. The summed E-state index contributed by atoms with van der Waals surface area (Å²) < 4.78 is 1.92. The summed E-state index contributed by atoms with van der Waals surface area (Å²) in [6, 6.07) is 6.38. The zero-order valence-corrected chi connectivity index (χ0v) is 12.4. The van der Waals surface area contributed by atoms with Crippen LogP contribution in [-0.4, -0.2) is 20.0 Å². The molecule has 3 rings (SSSR count). The van der Waals surface area contributed by atoms with Crippen LogP contribution in [0, 0.1) is 20.8 Å². The van der Waals surface area contributed by atoms with Crippen molar-refractivity contribution in [1.29, 1.82) is 0 Å². The van der Waals surface area contributed by atoms with Crippen molar-refractivity contribution in [2.24, 2.45) is 0 Å². The van der Waals surface area contributed by atoms with Crippen molar-refractivity contribution >= 4 is 16.5 Å². The van der Waals surface area contributed by atoms with Crippen molar-refractivity contribution in [1.82, 2.24) is 20.0 Å². The standard InChI is InChI=1S/C14H15N5S/c1-8-4-9(2)6-11(5-8)19-10(3)12(7-16-19)13-17-18-14(15)20-13/h4-7H,1-3H3,(H2,15,18). The number of benzene rings is 1. The molecule has 0 aliphatic carbocycles. The highest BCUT2D eigenvalue weighted by molar-refractivity contribution is 7.18. The first-order valence-electron chi connectivity index (χ1n) is 6.27. The molecule has 0 radical (unpaired) electrons. The fourth-order valence-electron chi connectivity index (χ4n) is 2.30. The number of hydrogen-bond acceptors (Lipinski definition) is 5. The summed E-state index contributed by atoms with van der Waals surface area (Å²) in [5.41, 5.74) is 11.1. The van der Waals surface area contributed by atoms with Crippen molar-refractivity contribution in [2.45, 2.75) is 20.8 Å². The number of anilines is 1. The van der Waals surface area contributed by atoms with E-state index in [0.717, 1.165) is 22.0 Å². The van der Waals surface area contributed by atoms with Crippen LogP contribution in [-0.2, 0) is 0 Å². The topological polar surface area (TPSA) is 69.6 Å². The molecule has 0 fully saturated rings. The Hall–Kier alpha value is -2.21. The highest BCUT2D eigenvalue weighted by Gasteiger charge is 2.14. The number of rotatable bonds is 2. The first-order valence-corrected chi connectivity index (χ1v) is 7.09. The van der Waals surface area contributed by atoms with Crippen molar-refractivity contribution in [2.75, 3.05) is 5.73 Å². The maximum Gasteiger partial charge on any atom is 0.203 e. The molecule has 0 aliphatic heterocycles. The second kappa shape index (κ2) is 4.72. The predicted molar refractivity (Wildman–Crippen MR) is 81.1 cm³/mol. The van der Waals surface area contributed by atoms with E-state index in [-0.39, 0.29) is 0 Å². The molecule has 2 N–H and O–H groups in total. The Morgan fingerprint density at radius 2 is 1.75 bits per heavy atom. The average molecular weight is 285 g/mol. The van der Waals surface area contributed by atoms with Crippen LogP contribution < -0.4 is 5.73 Å². The van der Waals surface area contributed by atoms with E-state index in [1.165, 1.54) is 22.5 Å². The van der Waals surface area contributed by atoms with Crippen molar-refractivity contribution in [3.8, 4) is 16.3 Å². The lowest BCUT2D eigenvalue weighted by atomic mass is 10.1. The lowest BCUT2D eigenvalue weighted by Gasteiger charge is -2.07. The van der Waals surface area contributed by atoms with Gasteiger partial charge in [0.25, 0.3) is 0 Å². The predicted octanol–water partition coefficient (Wildman–Crippen LogP) is 2.90. The van der Waals surface area contributed by atoms with Gasteiger partial charge in [0.2, 0.25) is 5.13 Å². The van der Waals surface area contributed by atoms with Gasteiger partial charge < -0.3 is 5.73 Å². The summed E-state index contributed by atoms with van der Waals surface area (Å²) in [4.78, 5) is 0. The summed E-state index contributed by atoms with van der Waals surface area (Å²) in [7, 11) is 0. The molecule has 0 bridgehead atoms. The van der Waals surface area contributed by atoms with E-state index in [1.54, 1.807) is 0 Å². The van der Waals surface area contributed by atoms with Crippen LogP contribution in [0.4, 0.5) is 5.13 Å². The van der Waals surface area contributed by atoms with Gasteiger partial charge in [-0.25, -0.2) is 4.68 Å². The van der Waals surface area contributed by atoms with Crippen LogP contribution in [0.25, 0.3) is 16.3 Å². The molecule has 0 amide bonds. The lowest BCUT2D eigenvalue weighted by molar-refractivity contribution is 0.845. The molecule has 3 aromatic rings. The Balaban J connectivity index is 2.10. The molecule has 102 valence electrons. The van der Waals surface area contributed by atoms with Gasteiger partial charge in [-0.05, 0) is 44.0 Å². The molecule has 0 atom stereocenters. The third-order valence-electron chi connectivity index (χ3n) is 3.13. The monoisotopic (exact) mass is 285 g/mol. The molecule has 0 saturated heterocycles. The van der Waals surface area contributed by atoms with E-state index >= 15 is 0 Å². The zero-order chi connectivity index (χ0) is 14.3. The number of nitrogen functional groups attached to an aromatic ring is 1. The van der Waals surface area contributed by atoms with E-state index < -0.39 is 0 Å². The van der Waals surface area contributed by atoms with Gasteiger partial charge in [0.05, 0.1) is 23.1 Å². The normalized spacial score (nSPS) is 10.9. The molecule has 2 aromatic heterocycles. The highest BCUT2D eigenvalue weighted by atomic mass is 32.1. The van der Waals surface area contributed by atoms with Crippen LogP contribution in [0.15, 0.2) is 24.4 Å². The molecule has 0 unspecified atom stereocenters. The molecular formula is C14H15N5S. The van der Waals surface area contributed by atoms with Gasteiger partial charge in [0.15, 0.2) is 5.01 Å². The first-order chi connectivity index (χ1) is 9.54. The lowest BCUT2D eigenvalue weighted by Crippen LogP contribution is -2.00. The van der Waals surface area contributed by atoms with Gasteiger partial charge in [0.1, 0.15) is 0 Å². The molecule has 0 saturated carbocycles. The maximum atomic E-state index is 5.64. The third-order valence-corrected chi connectivity index (χ3v) is 3.92. The van der Waals surface area contributed by atoms with E-state index in [0.29, 0.717) is 5.13 Å². The van der Waals surface area contributed by atoms with Crippen LogP contribution in [0.5, 0.6) is 0 Å². The van der Waals surface area contributed by atoms with Crippen LogP contribution in [0.3, 0.4) is 0 Å². The van der Waals surface area contributed by atoms with E-state index in [4.69, 9.17) is 5.73 Å². The minimum Gasteiger partial charge on any atom is -0.374 e. The van der Waals surface area contributed by atoms with Crippen LogP contribution in [0.2, 0.25) is 0 Å². The minimum atomic E-state index is 0.471. The van der Waals surface area contributed by atoms with Gasteiger partial charge >= 0.3 is 0 Å². The molecule has 0 aliphatic rings. The zero-order valence-electron chi connectivity index (χ0n) is 11.6. The summed E-state index contributed by atoms with van der Waals surface area (Å²) in [6.45, 7) is 6.20. The molecule has 5 nitrogen and oxygen atoms in total. The Morgan fingerprint density at radius 3 is 2.35 bits per heavy atom. The Labute approximate surface area is 121 Å². The summed E-state index contributed by atoms with van der Waals surface area (Å²) in [6.07, 6.45) is 1.81. The minimum absolute atomic E-state index is 0.471. The highest BCUT2D eigenvalue weighted by Crippen LogP contribution is 2.28. The van der Waals surface area contributed by atoms with Gasteiger partial charge in [-0.2, -0.15) is 5.10 Å². The smallest absolute Gasteiger partial charge is 0.203 e. The summed E-state index contributed by atoms with van der Waals surface area (Å²) >= 11 is 1.37. The van der Waals surface area contributed by atoms with Crippen molar-refractivity contribution in [3.63, 3.8) is 0 Å². The van der Waals surface area contributed by atoms with E-state index in [2.05, 4.69) is 47.3 Å². The van der Waals surface area contributed by atoms with Crippen LogP contribution in [0.1, 0.15) is 16.8 Å². The molecule has 0 spiro atoms. The molecule has 6 heteroatoms. The Kier molecular flexibility index (Phi) is 3.02. The van der Waals surface area contributed by atoms with Gasteiger partial charge in [-0.1, -0.05) is 17.4 Å². The number of nitrogens with two attached hydrogens (primary N) is 1. The van der Waals surface area contributed by atoms with Crippen molar-refractivity contribution < 1.29 is 0 Å². The quantitative estimate of drug-likeness (QED) is 0.786. The number of aryl methyl sites for hydroxylation is 2. The first kappa shape index (κ1) is 12.8. The van der Waals surface area contributed by atoms with Crippen molar-refractivity contribution in [3.05, 3.63) is 41.2 Å². The number of aromatic nitrogens is 4. The molecule has 1 aromatic carbocycles. The summed E-state index contributed by atoms with van der Waals surface area (Å²) in [5, 5.41) is 13.7. The van der Waals surface area contributed by atoms with Gasteiger partial charge in [0, 0.05) is 0 Å². The Morgan fingerprint density at radius 1 is 1.05 bits per heavy atom. The largest absolute Gasteiger partial charge is 0.374 e. The maximum absolute atomic E-state index is 5.64. The van der Waals surface area contributed by atoms with E-state index in [9.17, 15) is 0 Å². The third kappa shape index (κ3) is 2.18. The van der Waals surface area contributed by atoms with Crippen LogP contribution >= 0.6 is 11.3 Å². The SMILES string of the molecule is Cc1cc(C)cc(-n2ncc(-c3nnc(N)s3)c2C)c1. The average Bonchev–Trinajstić information content (AvgIpc) is 2.94. The second-order valence-corrected chi connectivity index (χ2v) is 5.86. The molecular weight excluding hydrogens is 270 g/mol. The number of nitrogens with zero attached hydrogens (tertiary/aromatic N) is 4. The van der Waals surface area contributed by atoms with Gasteiger partial charge in [-0.3, -0.25) is 0 Å². The number of hydrogen-bond donors (Lipinski definition) is 1. The fourth-order valence-corrected chi connectivity index (χ4v) is 2.97. The fraction of sp³-hybridized carbons (Fsp3) is 0.214. The summed E-state index contributed by atoms with van der Waals surface area (Å²) in [5.74, 6) is 0. The second-order valence-electron chi connectivity index (χ2n) is 4.85.